The van der Waals surface area contributed by atoms with E-state index in [4.69, 9.17) is 24.7 Å². The van der Waals surface area contributed by atoms with E-state index in [1.165, 1.54) is 96.3 Å². The monoisotopic (exact) mass is 574 g/mol. The van der Waals surface area contributed by atoms with Crippen molar-refractivity contribution in [2.75, 3.05) is 19.8 Å². The Hall–Kier alpha value is -3.02. The Morgan fingerprint density at radius 1 is 0.524 bits per heavy atom. The van der Waals surface area contributed by atoms with E-state index < -0.39 is 0 Å². The van der Waals surface area contributed by atoms with E-state index in [-0.39, 0.29) is 6.10 Å². The van der Waals surface area contributed by atoms with E-state index in [9.17, 15) is 0 Å². The summed E-state index contributed by atoms with van der Waals surface area (Å²) in [5.74, 6) is 1.52. The number of hydrogen-bond acceptors (Lipinski definition) is 5. The van der Waals surface area contributed by atoms with E-state index in [1.54, 1.807) is 0 Å². The fraction of sp³-hybridized carbons (Fsp3) is 0.622. The van der Waals surface area contributed by atoms with E-state index in [0.29, 0.717) is 32.7 Å². The molecule has 0 amide bonds. The second-order valence-corrected chi connectivity index (χ2v) is 11.4. The van der Waals surface area contributed by atoms with Crippen molar-refractivity contribution in [3.8, 4) is 23.6 Å². The summed E-state index contributed by atoms with van der Waals surface area (Å²) >= 11 is 0. The first-order valence-corrected chi connectivity index (χ1v) is 16.5. The van der Waals surface area contributed by atoms with Crippen molar-refractivity contribution in [2.24, 2.45) is 0 Å². The van der Waals surface area contributed by atoms with Gasteiger partial charge in [-0.3, -0.25) is 0 Å². The predicted octanol–water partition coefficient (Wildman–Crippen LogP) is 9.92. The van der Waals surface area contributed by atoms with E-state index in [2.05, 4.69) is 19.1 Å². The number of nitrogens with zero attached hydrogens (tertiary/aromatic N) is 2. The van der Waals surface area contributed by atoms with Crippen molar-refractivity contribution in [3.05, 3.63) is 59.7 Å². The summed E-state index contributed by atoms with van der Waals surface area (Å²) in [7, 11) is 0. The van der Waals surface area contributed by atoms with E-state index >= 15 is 0 Å². The molecule has 0 aromatic heterocycles. The number of rotatable bonds is 26. The number of nitriles is 2. The highest BCUT2D eigenvalue weighted by atomic mass is 16.6. The molecule has 0 bridgehead atoms. The molecule has 0 aliphatic heterocycles. The summed E-state index contributed by atoms with van der Waals surface area (Å²) in [6, 6.07) is 19.6. The van der Waals surface area contributed by atoms with Crippen LogP contribution >= 0.6 is 0 Å². The van der Waals surface area contributed by atoms with Crippen LogP contribution in [0.3, 0.4) is 0 Å². The van der Waals surface area contributed by atoms with Gasteiger partial charge in [0.05, 0.1) is 25.0 Å². The Balaban J connectivity index is 1.59. The zero-order valence-corrected chi connectivity index (χ0v) is 26.2. The maximum absolute atomic E-state index is 8.88. The van der Waals surface area contributed by atoms with Gasteiger partial charge in [0, 0.05) is 6.61 Å². The van der Waals surface area contributed by atoms with Crippen LogP contribution in [-0.2, 0) is 17.6 Å². The Labute approximate surface area is 256 Å². The second kappa shape index (κ2) is 24.6. The fourth-order valence-electron chi connectivity index (χ4n) is 5.01. The van der Waals surface area contributed by atoms with Crippen LogP contribution < -0.4 is 9.47 Å². The molecular weight excluding hydrogens is 520 g/mol. The van der Waals surface area contributed by atoms with Gasteiger partial charge in [-0.15, -0.1) is 0 Å². The molecule has 0 spiro atoms. The van der Waals surface area contributed by atoms with Crippen LogP contribution in [0.25, 0.3) is 0 Å². The lowest BCUT2D eigenvalue weighted by atomic mass is 10.0. The smallest absolute Gasteiger partial charge is 0.125 e. The van der Waals surface area contributed by atoms with Gasteiger partial charge in [-0.05, 0) is 41.8 Å². The molecule has 0 aliphatic carbocycles. The molecule has 0 aliphatic rings. The zero-order valence-electron chi connectivity index (χ0n) is 26.2. The molecule has 0 atom stereocenters. The van der Waals surface area contributed by atoms with Gasteiger partial charge in [-0.1, -0.05) is 128 Å². The van der Waals surface area contributed by atoms with Gasteiger partial charge in [0.25, 0.3) is 0 Å². The number of ether oxygens (including phenoxy) is 3. The lowest BCUT2D eigenvalue weighted by Gasteiger charge is -2.19. The maximum atomic E-state index is 8.88. The molecule has 5 heteroatoms. The van der Waals surface area contributed by atoms with Gasteiger partial charge < -0.3 is 14.2 Å². The predicted molar refractivity (Wildman–Crippen MR) is 172 cm³/mol. The minimum atomic E-state index is -0.195. The number of benzene rings is 2. The van der Waals surface area contributed by atoms with Crippen molar-refractivity contribution < 1.29 is 14.2 Å². The third kappa shape index (κ3) is 17.7. The van der Waals surface area contributed by atoms with Crippen LogP contribution in [0.2, 0.25) is 0 Å². The van der Waals surface area contributed by atoms with Gasteiger partial charge in [0.1, 0.15) is 30.8 Å². The van der Waals surface area contributed by atoms with Gasteiger partial charge in [-0.25, -0.2) is 0 Å². The summed E-state index contributed by atoms with van der Waals surface area (Å²) < 4.78 is 18.2. The van der Waals surface area contributed by atoms with Gasteiger partial charge in [-0.2, -0.15) is 10.5 Å². The van der Waals surface area contributed by atoms with Crippen LogP contribution in [-0.4, -0.2) is 25.9 Å². The van der Waals surface area contributed by atoms with Crippen LogP contribution in [0.1, 0.15) is 121 Å². The number of hydrogen-bond donors (Lipinski definition) is 0. The Bertz CT molecular complexity index is 928. The maximum Gasteiger partial charge on any atom is 0.125 e. The molecule has 42 heavy (non-hydrogen) atoms. The normalized spacial score (nSPS) is 10.9. The summed E-state index contributed by atoms with van der Waals surface area (Å²) in [5.41, 5.74) is 1.95. The van der Waals surface area contributed by atoms with Gasteiger partial charge >= 0.3 is 0 Å². The summed E-state index contributed by atoms with van der Waals surface area (Å²) in [5, 5.41) is 17.8. The van der Waals surface area contributed by atoms with Crippen LogP contribution in [0.15, 0.2) is 48.5 Å². The van der Waals surface area contributed by atoms with Crippen LogP contribution in [0.4, 0.5) is 0 Å². The Kier molecular flexibility index (Phi) is 20.6. The first kappa shape index (κ1) is 35.2. The first-order chi connectivity index (χ1) is 20.7. The minimum Gasteiger partial charge on any atom is -0.491 e. The summed E-state index contributed by atoms with van der Waals surface area (Å²) in [4.78, 5) is 0. The van der Waals surface area contributed by atoms with Crippen molar-refractivity contribution in [3.63, 3.8) is 0 Å². The largest absolute Gasteiger partial charge is 0.491 e. The molecule has 0 fully saturated rings. The molecule has 230 valence electrons. The minimum absolute atomic E-state index is 0.195. The average Bonchev–Trinajstić information content (AvgIpc) is 3.01. The molecule has 0 saturated heterocycles. The molecule has 0 saturated carbocycles. The van der Waals surface area contributed by atoms with Gasteiger partial charge in [0.15, 0.2) is 0 Å². The molecule has 0 heterocycles. The quantitative estimate of drug-likeness (QED) is 0.105. The fourth-order valence-corrected chi connectivity index (χ4v) is 5.01. The van der Waals surface area contributed by atoms with Crippen molar-refractivity contribution >= 4 is 0 Å². The second-order valence-electron chi connectivity index (χ2n) is 11.4. The standard InChI is InChI=1S/C37H54N2O3/c1-2-3-4-5-6-7-8-9-10-11-12-13-14-15-16-17-30-40-37(31-41-35-22-18-33(19-23-35)26-28-38)32-42-36-24-20-34(21-25-36)27-29-39/h18-25,37H,2-17,26-27,30-32H2,1H3. The molecule has 2 rings (SSSR count). The molecule has 0 N–H and O–H groups in total. The Morgan fingerprint density at radius 3 is 1.24 bits per heavy atom. The molecule has 0 radical (unpaired) electrons. The van der Waals surface area contributed by atoms with Crippen molar-refractivity contribution in [1.29, 1.82) is 10.5 Å². The highest BCUT2D eigenvalue weighted by Gasteiger charge is 2.12. The van der Waals surface area contributed by atoms with Crippen LogP contribution in [0.5, 0.6) is 11.5 Å². The highest BCUT2D eigenvalue weighted by molar-refractivity contribution is 5.29. The number of unbranched alkanes of at least 4 members (excludes halogenated alkanes) is 15. The van der Waals surface area contributed by atoms with E-state index in [0.717, 1.165) is 29.0 Å². The zero-order chi connectivity index (χ0) is 29.9. The molecule has 5 nitrogen and oxygen atoms in total. The van der Waals surface area contributed by atoms with Crippen LogP contribution in [0, 0.1) is 22.7 Å². The third-order valence-electron chi connectivity index (χ3n) is 7.64. The van der Waals surface area contributed by atoms with E-state index in [1.807, 2.05) is 48.5 Å². The van der Waals surface area contributed by atoms with Crippen molar-refractivity contribution in [2.45, 2.75) is 129 Å². The Morgan fingerprint density at radius 2 is 0.881 bits per heavy atom. The summed E-state index contributed by atoms with van der Waals surface area (Å²) in [6.45, 7) is 3.76. The lowest BCUT2D eigenvalue weighted by Crippen LogP contribution is -2.29. The summed E-state index contributed by atoms with van der Waals surface area (Å²) in [6.07, 6.45) is 22.2. The topological polar surface area (TPSA) is 75.3 Å². The third-order valence-corrected chi connectivity index (χ3v) is 7.64. The van der Waals surface area contributed by atoms with Crippen molar-refractivity contribution in [1.82, 2.24) is 0 Å². The molecular formula is C37H54N2O3. The average molecular weight is 575 g/mol. The molecule has 0 unspecified atom stereocenters. The first-order valence-electron chi connectivity index (χ1n) is 16.5. The lowest BCUT2D eigenvalue weighted by molar-refractivity contribution is -0.00880. The van der Waals surface area contributed by atoms with Gasteiger partial charge in [0.2, 0.25) is 0 Å². The molecule has 2 aromatic carbocycles. The SMILES string of the molecule is CCCCCCCCCCCCCCCCCCOC(COc1ccc(CC#N)cc1)COc1ccc(CC#N)cc1. The molecule has 2 aromatic rings. The highest BCUT2D eigenvalue weighted by Crippen LogP contribution is 2.17.